The lowest BCUT2D eigenvalue weighted by molar-refractivity contribution is -0.116. The fourth-order valence-electron chi connectivity index (χ4n) is 6.68. The Bertz CT molecular complexity index is 2260. The molecule has 2 atom stereocenters. The van der Waals surface area contributed by atoms with Gasteiger partial charge in [0.15, 0.2) is 0 Å². The molecule has 2 unspecified atom stereocenters. The molecule has 0 aliphatic heterocycles. The lowest BCUT2D eigenvalue weighted by atomic mass is 9.83. The molecule has 0 spiro atoms. The van der Waals surface area contributed by atoms with E-state index in [1.54, 1.807) is 73.7 Å². The number of carbonyl (C=O) groups excluding carboxylic acids is 4. The van der Waals surface area contributed by atoms with Crippen molar-refractivity contribution in [3.63, 3.8) is 0 Å². The number of carbonyl (C=O) groups is 4. The maximum absolute atomic E-state index is 13.9. The van der Waals surface area contributed by atoms with Gasteiger partial charge in [-0.15, -0.1) is 23.1 Å². The van der Waals surface area contributed by atoms with Crippen LogP contribution in [0.25, 0.3) is 6.08 Å². The largest absolute Gasteiger partial charge is 0.497 e. The minimum atomic E-state index is -0.571. The van der Waals surface area contributed by atoms with E-state index in [4.69, 9.17) is 14.2 Å². The number of thioether (sulfide) groups is 1. The van der Waals surface area contributed by atoms with Crippen molar-refractivity contribution in [2.24, 2.45) is 0 Å². The van der Waals surface area contributed by atoms with Crippen LogP contribution in [0.3, 0.4) is 0 Å². The zero-order valence-electron chi connectivity index (χ0n) is 32.3. The predicted octanol–water partition coefficient (Wildman–Crippen LogP) is 9.13. The zero-order valence-corrected chi connectivity index (χ0v) is 33.9. The van der Waals surface area contributed by atoms with Gasteiger partial charge in [-0.25, -0.2) is 4.79 Å². The number of esters is 1. The van der Waals surface area contributed by atoms with Gasteiger partial charge in [-0.3, -0.25) is 14.4 Å². The van der Waals surface area contributed by atoms with Crippen molar-refractivity contribution in [1.29, 1.82) is 0 Å². The Morgan fingerprint density at radius 2 is 1.63 bits per heavy atom. The SMILES string of the molecule is CCOC(=O)c1c(NC(=O)C(CC)Sc2cccc(NC(=O)/C(=C\c3cc(OC)ccc3OC)NC(=O)c3ccccc3)c2)sc2c1CCC(c1ccccc1)C2. The van der Waals surface area contributed by atoms with Gasteiger partial charge in [-0.2, -0.15) is 0 Å². The highest BCUT2D eigenvalue weighted by atomic mass is 32.2. The number of nitrogens with one attached hydrogen (secondary N) is 3. The molecule has 1 aromatic heterocycles. The van der Waals surface area contributed by atoms with E-state index in [1.807, 2.05) is 31.2 Å². The van der Waals surface area contributed by atoms with E-state index in [0.29, 0.717) is 51.2 Å². The number of anilines is 2. The molecule has 0 fully saturated rings. The van der Waals surface area contributed by atoms with Gasteiger partial charge in [0.05, 0.1) is 31.6 Å². The van der Waals surface area contributed by atoms with Crippen LogP contribution in [0.1, 0.15) is 74.9 Å². The molecule has 4 aromatic carbocycles. The van der Waals surface area contributed by atoms with Crippen LogP contribution in [0, 0.1) is 0 Å². The molecule has 1 aliphatic rings. The smallest absolute Gasteiger partial charge is 0.341 e. The Hall–Kier alpha value is -5.85. The molecule has 294 valence electrons. The maximum atomic E-state index is 13.9. The first-order valence-corrected chi connectivity index (χ1v) is 20.5. The highest BCUT2D eigenvalue weighted by Gasteiger charge is 2.32. The highest BCUT2D eigenvalue weighted by molar-refractivity contribution is 8.00. The second kappa shape index (κ2) is 19.3. The van der Waals surface area contributed by atoms with E-state index in [0.717, 1.165) is 34.6 Å². The Labute approximate surface area is 341 Å². The molecule has 10 nitrogen and oxygen atoms in total. The van der Waals surface area contributed by atoms with Gasteiger partial charge in [-0.1, -0.05) is 61.5 Å². The minimum Gasteiger partial charge on any atom is -0.497 e. The van der Waals surface area contributed by atoms with Crippen molar-refractivity contribution < 1.29 is 33.4 Å². The number of hydrogen-bond acceptors (Lipinski definition) is 9. The van der Waals surface area contributed by atoms with Gasteiger partial charge in [0.1, 0.15) is 22.2 Å². The molecule has 1 heterocycles. The van der Waals surface area contributed by atoms with E-state index in [-0.39, 0.29) is 18.2 Å². The van der Waals surface area contributed by atoms with Crippen LogP contribution < -0.4 is 25.4 Å². The first-order valence-electron chi connectivity index (χ1n) is 18.8. The first kappa shape index (κ1) is 40.8. The number of hydrogen-bond donors (Lipinski definition) is 3. The van der Waals surface area contributed by atoms with Crippen LogP contribution in [0.5, 0.6) is 11.5 Å². The summed E-state index contributed by atoms with van der Waals surface area (Å²) in [6.45, 7) is 3.93. The second-order valence-electron chi connectivity index (χ2n) is 13.3. The summed E-state index contributed by atoms with van der Waals surface area (Å²) in [6.07, 6.45) is 4.45. The van der Waals surface area contributed by atoms with E-state index in [9.17, 15) is 19.2 Å². The standard InChI is InChI=1S/C45H45N3O7S2/c1-5-38(43(51)48-44-40(45(52)55-6-2)35-22-20-30(26-39(35)57-44)28-14-9-7-10-15-28)56-34-19-13-18-32(27-34)46-42(50)36(47-41(49)29-16-11-8-12-17-29)25-31-24-33(53-3)21-23-37(31)54-4/h7-19,21,23-25,27,30,38H,5-6,20,22,26H2,1-4H3,(H,46,50)(H,47,49)(H,48,51)/b36-25+. The van der Waals surface area contributed by atoms with Crippen LogP contribution in [0.15, 0.2) is 114 Å². The van der Waals surface area contributed by atoms with Crippen molar-refractivity contribution >= 4 is 63.6 Å². The van der Waals surface area contributed by atoms with E-state index >= 15 is 0 Å². The molecular formula is C45H45N3O7S2. The topological polar surface area (TPSA) is 132 Å². The summed E-state index contributed by atoms with van der Waals surface area (Å²) in [5, 5.41) is 8.75. The number of amides is 3. The quantitative estimate of drug-likeness (QED) is 0.0543. The molecule has 0 saturated carbocycles. The lowest BCUT2D eigenvalue weighted by Crippen LogP contribution is -2.30. The van der Waals surface area contributed by atoms with Crippen LogP contribution >= 0.6 is 23.1 Å². The Kier molecular flexibility index (Phi) is 13.8. The van der Waals surface area contributed by atoms with E-state index in [2.05, 4.69) is 28.1 Å². The van der Waals surface area contributed by atoms with Crippen LogP contribution in [-0.4, -0.2) is 49.8 Å². The predicted molar refractivity (Wildman–Crippen MR) is 227 cm³/mol. The highest BCUT2D eigenvalue weighted by Crippen LogP contribution is 2.43. The van der Waals surface area contributed by atoms with Crippen molar-refractivity contribution in [2.75, 3.05) is 31.5 Å². The molecule has 0 saturated heterocycles. The number of thiophene rings is 1. The molecule has 0 bridgehead atoms. The number of methoxy groups -OCH3 is 2. The fraction of sp³-hybridized carbons (Fsp3) is 0.244. The minimum absolute atomic E-state index is 0.0228. The lowest BCUT2D eigenvalue weighted by Gasteiger charge is -2.23. The number of rotatable bonds is 15. The van der Waals surface area contributed by atoms with Gasteiger partial charge >= 0.3 is 5.97 Å². The molecule has 5 aromatic rings. The molecule has 1 aliphatic carbocycles. The molecule has 57 heavy (non-hydrogen) atoms. The normalized spacial score (nSPS) is 14.1. The fourth-order valence-corrected chi connectivity index (χ4v) is 9.01. The summed E-state index contributed by atoms with van der Waals surface area (Å²) < 4.78 is 16.4. The molecular weight excluding hydrogens is 759 g/mol. The summed E-state index contributed by atoms with van der Waals surface area (Å²) in [5.74, 6) is -0.340. The Balaban J connectivity index is 1.20. The molecule has 12 heteroatoms. The molecule has 6 rings (SSSR count). The molecule has 3 N–H and O–H groups in total. The number of fused-ring (bicyclic) bond motifs is 1. The van der Waals surface area contributed by atoms with Crippen LogP contribution in [0.4, 0.5) is 10.7 Å². The van der Waals surface area contributed by atoms with Gasteiger partial charge in [0, 0.05) is 26.6 Å². The first-order chi connectivity index (χ1) is 27.7. The van der Waals surface area contributed by atoms with E-state index in [1.165, 1.54) is 49.0 Å². The third-order valence-corrected chi connectivity index (χ3v) is 12.1. The molecule has 3 amide bonds. The zero-order chi connectivity index (χ0) is 40.3. The average Bonchev–Trinajstić information content (AvgIpc) is 3.60. The summed E-state index contributed by atoms with van der Waals surface area (Å²) >= 11 is 2.81. The third kappa shape index (κ3) is 10.1. The molecule has 0 radical (unpaired) electrons. The van der Waals surface area contributed by atoms with Crippen molar-refractivity contribution in [2.45, 2.75) is 55.6 Å². The Morgan fingerprint density at radius 1 is 0.877 bits per heavy atom. The van der Waals surface area contributed by atoms with Crippen molar-refractivity contribution in [3.05, 3.63) is 142 Å². The van der Waals surface area contributed by atoms with Gasteiger partial charge in [-0.05, 0) is 104 Å². The van der Waals surface area contributed by atoms with E-state index < -0.39 is 23.0 Å². The summed E-state index contributed by atoms with van der Waals surface area (Å²) in [4.78, 5) is 56.2. The number of ether oxygens (including phenoxy) is 3. The number of benzene rings is 4. The third-order valence-electron chi connectivity index (χ3n) is 9.55. The van der Waals surface area contributed by atoms with Crippen molar-refractivity contribution in [1.82, 2.24) is 5.32 Å². The van der Waals surface area contributed by atoms with Gasteiger partial charge < -0.3 is 30.2 Å². The second-order valence-corrected chi connectivity index (χ2v) is 15.6. The summed E-state index contributed by atoms with van der Waals surface area (Å²) in [7, 11) is 3.05. The van der Waals surface area contributed by atoms with Crippen LogP contribution in [-0.2, 0) is 27.2 Å². The summed E-state index contributed by atoms with van der Waals surface area (Å²) in [5.41, 5.74) is 4.02. The van der Waals surface area contributed by atoms with Gasteiger partial charge in [0.2, 0.25) is 5.91 Å². The van der Waals surface area contributed by atoms with Crippen LogP contribution in [0.2, 0.25) is 0 Å². The average molecular weight is 804 g/mol. The summed E-state index contributed by atoms with van der Waals surface area (Å²) in [6, 6.07) is 31.3. The maximum Gasteiger partial charge on any atom is 0.341 e. The van der Waals surface area contributed by atoms with Gasteiger partial charge in [0.25, 0.3) is 11.8 Å². The monoisotopic (exact) mass is 803 g/mol. The Morgan fingerprint density at radius 3 is 2.33 bits per heavy atom. The van der Waals surface area contributed by atoms with Crippen molar-refractivity contribution in [3.8, 4) is 11.5 Å².